The van der Waals surface area contributed by atoms with Gasteiger partial charge in [-0.25, -0.2) is 19.4 Å². The number of nitrogens with zero attached hydrogens (tertiary/aromatic N) is 7. The standard InChI is InChI=1S/C26H29N9O3/c1-3-5-9-20-16-33(23-21(24(36)37)15-28-35(23)4-2)25(38)34(20)17-26(10-12-27-13-11-26)19-8-6-7-18(14-19)22-29-31-32-30-22/h6-8,10-16,27H,3-5,9,17H2,1-2H3,(H,36,37)(H,29,30,31,32). The predicted octanol–water partition coefficient (Wildman–Crippen LogP) is 2.64. The van der Waals surface area contributed by atoms with Gasteiger partial charge >= 0.3 is 11.7 Å². The normalized spacial score (nSPS) is 14.1. The van der Waals surface area contributed by atoms with E-state index in [0.717, 1.165) is 29.7 Å². The van der Waals surface area contributed by atoms with Crippen LogP contribution >= 0.6 is 0 Å². The van der Waals surface area contributed by atoms with E-state index in [-0.39, 0.29) is 17.1 Å². The summed E-state index contributed by atoms with van der Waals surface area (Å²) < 4.78 is 4.70. The molecule has 1 aliphatic heterocycles. The summed E-state index contributed by atoms with van der Waals surface area (Å²) in [5.74, 6) is -0.328. The smallest absolute Gasteiger partial charge is 0.341 e. The second-order valence-electron chi connectivity index (χ2n) is 9.17. The Balaban J connectivity index is 1.65. The Morgan fingerprint density at radius 2 is 2.00 bits per heavy atom. The van der Waals surface area contributed by atoms with Gasteiger partial charge in [0.15, 0.2) is 11.6 Å². The fourth-order valence-electron chi connectivity index (χ4n) is 4.81. The minimum absolute atomic E-state index is 0.0159. The van der Waals surface area contributed by atoms with Crippen molar-refractivity contribution in [3.8, 4) is 17.2 Å². The molecule has 4 heterocycles. The zero-order valence-corrected chi connectivity index (χ0v) is 21.2. The fourth-order valence-corrected chi connectivity index (χ4v) is 4.81. The summed E-state index contributed by atoms with van der Waals surface area (Å²) in [5.41, 5.74) is 1.61. The summed E-state index contributed by atoms with van der Waals surface area (Å²) in [7, 11) is 0. The van der Waals surface area contributed by atoms with Gasteiger partial charge < -0.3 is 10.4 Å². The van der Waals surface area contributed by atoms with Crippen LogP contribution in [-0.2, 0) is 24.9 Å². The van der Waals surface area contributed by atoms with Crippen molar-refractivity contribution in [2.24, 2.45) is 0 Å². The van der Waals surface area contributed by atoms with Gasteiger partial charge in [0.05, 0.1) is 11.6 Å². The number of carboxylic acid groups (broad SMARTS) is 1. The largest absolute Gasteiger partial charge is 0.477 e. The Kier molecular flexibility index (Phi) is 6.77. The summed E-state index contributed by atoms with van der Waals surface area (Å²) in [5, 5.41) is 31.3. The van der Waals surface area contributed by atoms with Crippen molar-refractivity contribution in [2.75, 3.05) is 0 Å². The number of aromatic carboxylic acids is 1. The molecule has 1 aromatic carbocycles. The molecule has 0 saturated carbocycles. The molecule has 0 saturated heterocycles. The molecule has 3 aromatic heterocycles. The SMILES string of the molecule is CCCCc1cn(-c2c(C(=O)O)cnn2CC)c(=O)n1CC1(c2cccc(-c3nnn[nH]3)c2)C=CNC=C1. The minimum atomic E-state index is -1.13. The molecule has 38 heavy (non-hydrogen) atoms. The van der Waals surface area contributed by atoms with Gasteiger partial charge in [0.1, 0.15) is 5.56 Å². The Labute approximate surface area is 218 Å². The number of imidazole rings is 1. The zero-order chi connectivity index (χ0) is 26.7. The van der Waals surface area contributed by atoms with E-state index in [4.69, 9.17) is 0 Å². The van der Waals surface area contributed by atoms with E-state index in [1.807, 2.05) is 55.7 Å². The predicted molar refractivity (Wildman–Crippen MR) is 140 cm³/mol. The van der Waals surface area contributed by atoms with E-state index >= 15 is 0 Å². The number of H-pyrrole nitrogens is 1. The summed E-state index contributed by atoms with van der Waals surface area (Å²) in [6, 6.07) is 7.87. The topological polar surface area (TPSA) is 149 Å². The molecule has 0 amide bonds. The lowest BCUT2D eigenvalue weighted by molar-refractivity contribution is 0.0696. The maximum Gasteiger partial charge on any atom is 0.341 e. The van der Waals surface area contributed by atoms with E-state index in [1.54, 1.807) is 10.8 Å². The Bertz CT molecular complexity index is 1540. The van der Waals surface area contributed by atoms with Gasteiger partial charge in [-0.15, -0.1) is 5.10 Å². The first-order chi connectivity index (χ1) is 18.5. The third-order valence-corrected chi connectivity index (χ3v) is 6.81. The maximum absolute atomic E-state index is 14.0. The van der Waals surface area contributed by atoms with Crippen LogP contribution in [0.5, 0.6) is 0 Å². The number of hydrogen-bond acceptors (Lipinski definition) is 7. The molecule has 0 bridgehead atoms. The first-order valence-electron chi connectivity index (χ1n) is 12.5. The molecule has 0 radical (unpaired) electrons. The number of hydrogen-bond donors (Lipinski definition) is 3. The highest BCUT2D eigenvalue weighted by molar-refractivity contribution is 5.91. The van der Waals surface area contributed by atoms with Crippen molar-refractivity contribution in [3.05, 3.63) is 88.5 Å². The second-order valence-corrected chi connectivity index (χ2v) is 9.17. The molecule has 0 fully saturated rings. The number of aromatic amines is 1. The van der Waals surface area contributed by atoms with Crippen LogP contribution in [0.1, 0.15) is 48.3 Å². The number of aryl methyl sites for hydroxylation is 2. The average molecular weight is 516 g/mol. The van der Waals surface area contributed by atoms with E-state index < -0.39 is 11.4 Å². The van der Waals surface area contributed by atoms with Gasteiger partial charge in [0.2, 0.25) is 0 Å². The van der Waals surface area contributed by atoms with Crippen molar-refractivity contribution in [1.82, 2.24) is 44.9 Å². The highest BCUT2D eigenvalue weighted by Crippen LogP contribution is 2.33. The van der Waals surface area contributed by atoms with Gasteiger partial charge in [0, 0.05) is 30.5 Å². The molecular weight excluding hydrogens is 486 g/mol. The number of dihydropyridines is 1. The quantitative estimate of drug-likeness (QED) is 0.292. The molecule has 0 spiro atoms. The van der Waals surface area contributed by atoms with Crippen molar-refractivity contribution >= 4 is 5.97 Å². The number of tetrazole rings is 1. The lowest BCUT2D eigenvalue weighted by atomic mass is 9.78. The van der Waals surface area contributed by atoms with E-state index in [0.29, 0.717) is 25.3 Å². The number of benzene rings is 1. The van der Waals surface area contributed by atoms with E-state index in [9.17, 15) is 14.7 Å². The van der Waals surface area contributed by atoms with E-state index in [2.05, 4.69) is 38.0 Å². The van der Waals surface area contributed by atoms with Gasteiger partial charge in [-0.05, 0) is 54.2 Å². The van der Waals surface area contributed by atoms with Crippen LogP contribution in [0.3, 0.4) is 0 Å². The van der Waals surface area contributed by atoms with Gasteiger partial charge in [-0.1, -0.05) is 43.7 Å². The molecule has 5 rings (SSSR count). The van der Waals surface area contributed by atoms with Crippen molar-refractivity contribution < 1.29 is 9.90 Å². The van der Waals surface area contributed by atoms with Gasteiger partial charge in [-0.2, -0.15) is 5.10 Å². The highest BCUT2D eigenvalue weighted by atomic mass is 16.4. The second kappa shape index (κ2) is 10.3. The van der Waals surface area contributed by atoms with Crippen LogP contribution in [0.2, 0.25) is 0 Å². The first kappa shape index (κ1) is 24.9. The minimum Gasteiger partial charge on any atom is -0.477 e. The number of carboxylic acids is 1. The monoisotopic (exact) mass is 515 g/mol. The molecule has 0 unspecified atom stereocenters. The Morgan fingerprint density at radius 3 is 2.68 bits per heavy atom. The molecule has 0 atom stereocenters. The molecule has 3 N–H and O–H groups in total. The number of aromatic nitrogens is 8. The maximum atomic E-state index is 14.0. The number of nitrogens with one attached hydrogen (secondary N) is 2. The van der Waals surface area contributed by atoms with Crippen LogP contribution in [0.15, 0.2) is 66.0 Å². The molecule has 4 aromatic rings. The van der Waals surface area contributed by atoms with Gasteiger partial charge in [-0.3, -0.25) is 9.13 Å². The number of allylic oxidation sites excluding steroid dienone is 2. The third-order valence-electron chi connectivity index (χ3n) is 6.81. The van der Waals surface area contributed by atoms with Crippen LogP contribution in [0, 0.1) is 0 Å². The Morgan fingerprint density at radius 1 is 1.18 bits per heavy atom. The summed E-state index contributed by atoms with van der Waals surface area (Å²) >= 11 is 0. The van der Waals surface area contributed by atoms with Crippen LogP contribution < -0.4 is 11.0 Å². The van der Waals surface area contributed by atoms with Crippen molar-refractivity contribution in [1.29, 1.82) is 0 Å². The lowest BCUT2D eigenvalue weighted by Crippen LogP contribution is -2.36. The van der Waals surface area contributed by atoms with Crippen molar-refractivity contribution in [3.63, 3.8) is 0 Å². The average Bonchev–Trinajstić information content (AvgIpc) is 3.68. The van der Waals surface area contributed by atoms with Crippen molar-refractivity contribution in [2.45, 2.75) is 51.6 Å². The number of unbranched alkanes of at least 4 members (excludes halogenated alkanes) is 1. The molecule has 1 aliphatic rings. The fraction of sp³-hybridized carbons (Fsp3) is 0.308. The Hall–Kier alpha value is -4.74. The number of rotatable bonds is 10. The van der Waals surface area contributed by atoms with Gasteiger partial charge in [0.25, 0.3) is 0 Å². The third kappa shape index (κ3) is 4.44. The summed E-state index contributed by atoms with van der Waals surface area (Å²) in [4.78, 5) is 26.0. The molecule has 12 nitrogen and oxygen atoms in total. The molecule has 196 valence electrons. The molecule has 0 aliphatic carbocycles. The zero-order valence-electron chi connectivity index (χ0n) is 21.2. The van der Waals surface area contributed by atoms with Crippen LogP contribution in [0.25, 0.3) is 17.2 Å². The highest BCUT2D eigenvalue weighted by Gasteiger charge is 2.32. The summed E-state index contributed by atoms with van der Waals surface area (Å²) in [6.45, 7) is 4.69. The van der Waals surface area contributed by atoms with Crippen LogP contribution in [-0.4, -0.2) is 50.6 Å². The lowest BCUT2D eigenvalue weighted by Gasteiger charge is -2.31. The molecular formula is C26H29N9O3. The van der Waals surface area contributed by atoms with E-state index in [1.165, 1.54) is 15.4 Å². The molecule has 12 heteroatoms. The number of carbonyl (C=O) groups is 1. The summed E-state index contributed by atoms with van der Waals surface area (Å²) in [6.07, 6.45) is 13.3. The first-order valence-corrected chi connectivity index (χ1v) is 12.5. The van der Waals surface area contributed by atoms with Crippen LogP contribution in [0.4, 0.5) is 0 Å².